The minimum atomic E-state index is -1.17. The van der Waals surface area contributed by atoms with Gasteiger partial charge >= 0.3 is 11.9 Å². The van der Waals surface area contributed by atoms with E-state index in [1.54, 1.807) is 20.8 Å². The van der Waals surface area contributed by atoms with Crippen molar-refractivity contribution >= 4 is 11.9 Å². The van der Waals surface area contributed by atoms with E-state index in [0.717, 1.165) is 0 Å². The summed E-state index contributed by atoms with van der Waals surface area (Å²) in [5, 5.41) is 8.53. The van der Waals surface area contributed by atoms with Crippen LogP contribution in [-0.2, 0) is 14.3 Å². The Balaban J connectivity index is 4.24. The maximum absolute atomic E-state index is 11.3. The zero-order chi connectivity index (χ0) is 12.2. The van der Waals surface area contributed by atoms with Crippen LogP contribution in [0.5, 0.6) is 0 Å². The van der Waals surface area contributed by atoms with Crippen molar-refractivity contribution in [2.45, 2.75) is 38.8 Å². The Morgan fingerprint density at radius 3 is 2.27 bits per heavy atom. The highest BCUT2D eigenvalue weighted by Crippen LogP contribution is 2.12. The van der Waals surface area contributed by atoms with Crippen molar-refractivity contribution < 1.29 is 19.4 Å². The highest BCUT2D eigenvalue weighted by Gasteiger charge is 2.22. The first-order chi connectivity index (χ1) is 6.63. The fourth-order valence-corrected chi connectivity index (χ4v) is 0.786. The molecule has 1 atom stereocenters. The second kappa shape index (κ2) is 4.93. The predicted molar refractivity (Wildman–Crippen MR) is 55.2 cm³/mol. The van der Waals surface area contributed by atoms with Gasteiger partial charge in [0, 0.05) is 12.0 Å². The van der Waals surface area contributed by atoms with E-state index in [9.17, 15) is 9.59 Å². The predicted octanol–water partition coefficient (Wildman–Crippen LogP) is 0.686. The smallest absolute Gasteiger partial charge is 0.333 e. The van der Waals surface area contributed by atoms with E-state index in [1.807, 2.05) is 0 Å². The lowest BCUT2D eigenvalue weighted by Gasteiger charge is -2.20. The summed E-state index contributed by atoms with van der Waals surface area (Å²) in [4.78, 5) is 21.8. The van der Waals surface area contributed by atoms with Crippen molar-refractivity contribution in [2.24, 2.45) is 5.73 Å². The number of carboxylic acid groups (broad SMARTS) is 1. The third kappa shape index (κ3) is 5.85. The molecule has 0 rings (SSSR count). The summed E-state index contributed by atoms with van der Waals surface area (Å²) in [6, 6.07) is -1.12. The molecule has 0 aromatic heterocycles. The van der Waals surface area contributed by atoms with Gasteiger partial charge in [-0.1, -0.05) is 6.58 Å². The number of carbonyl (C=O) groups excluding carboxylic acids is 1. The van der Waals surface area contributed by atoms with Crippen LogP contribution in [0, 0.1) is 0 Å². The van der Waals surface area contributed by atoms with Gasteiger partial charge in [-0.25, -0.2) is 4.79 Å². The fourth-order valence-electron chi connectivity index (χ4n) is 0.786. The molecule has 5 heteroatoms. The largest absolute Gasteiger partial charge is 0.480 e. The van der Waals surface area contributed by atoms with E-state index in [2.05, 4.69) is 6.58 Å². The quantitative estimate of drug-likeness (QED) is 0.532. The Morgan fingerprint density at radius 1 is 1.47 bits per heavy atom. The van der Waals surface area contributed by atoms with Gasteiger partial charge in [-0.05, 0) is 20.8 Å². The molecule has 0 aliphatic carbocycles. The lowest BCUT2D eigenvalue weighted by Crippen LogP contribution is -2.33. The molecule has 0 aliphatic rings. The van der Waals surface area contributed by atoms with Crippen LogP contribution >= 0.6 is 0 Å². The number of hydrogen-bond donors (Lipinski definition) is 2. The van der Waals surface area contributed by atoms with E-state index in [4.69, 9.17) is 15.6 Å². The molecule has 3 N–H and O–H groups in total. The van der Waals surface area contributed by atoms with E-state index >= 15 is 0 Å². The van der Waals surface area contributed by atoms with Gasteiger partial charge in [0.25, 0.3) is 0 Å². The molecule has 0 radical (unpaired) electrons. The number of esters is 1. The van der Waals surface area contributed by atoms with Gasteiger partial charge in [0.1, 0.15) is 11.6 Å². The number of carboxylic acids is 1. The van der Waals surface area contributed by atoms with Gasteiger partial charge < -0.3 is 15.6 Å². The topological polar surface area (TPSA) is 89.6 Å². The second-order valence-corrected chi connectivity index (χ2v) is 4.25. The Morgan fingerprint density at radius 2 is 1.93 bits per heavy atom. The number of rotatable bonds is 4. The van der Waals surface area contributed by atoms with Gasteiger partial charge in [0.05, 0.1) is 0 Å². The average molecular weight is 215 g/mol. The standard InChI is InChI=1S/C10H17NO4/c1-6(5-7(11)8(12)13)9(14)15-10(2,3)4/h7H,1,5,11H2,2-4H3,(H,12,13). The van der Waals surface area contributed by atoms with E-state index in [-0.39, 0.29) is 12.0 Å². The first kappa shape index (κ1) is 13.6. The van der Waals surface area contributed by atoms with Crippen LogP contribution in [0.3, 0.4) is 0 Å². The second-order valence-electron chi connectivity index (χ2n) is 4.25. The molecular formula is C10H17NO4. The molecule has 0 saturated carbocycles. The minimum absolute atomic E-state index is 0.0693. The van der Waals surface area contributed by atoms with Crippen molar-refractivity contribution in [2.75, 3.05) is 0 Å². The zero-order valence-electron chi connectivity index (χ0n) is 9.24. The first-order valence-corrected chi connectivity index (χ1v) is 4.53. The lowest BCUT2D eigenvalue weighted by atomic mass is 10.1. The fraction of sp³-hybridized carbons (Fsp3) is 0.600. The van der Waals surface area contributed by atoms with Gasteiger partial charge in [-0.15, -0.1) is 0 Å². The zero-order valence-corrected chi connectivity index (χ0v) is 9.24. The molecule has 0 amide bonds. The molecule has 0 aromatic rings. The molecule has 0 fully saturated rings. The molecule has 0 bridgehead atoms. The van der Waals surface area contributed by atoms with Crippen LogP contribution in [0.15, 0.2) is 12.2 Å². The van der Waals surface area contributed by atoms with Crippen molar-refractivity contribution in [3.8, 4) is 0 Å². The number of ether oxygens (including phenoxy) is 1. The summed E-state index contributed by atoms with van der Waals surface area (Å²) in [5.41, 5.74) is 4.70. The Kier molecular flexibility index (Phi) is 4.48. The first-order valence-electron chi connectivity index (χ1n) is 4.53. The highest BCUT2D eigenvalue weighted by molar-refractivity contribution is 5.89. The molecule has 1 unspecified atom stereocenters. The maximum atomic E-state index is 11.3. The molecule has 0 aromatic carbocycles. The number of nitrogens with two attached hydrogens (primary N) is 1. The molecule has 5 nitrogen and oxygen atoms in total. The molecule has 0 heterocycles. The Labute approximate surface area is 88.9 Å². The Hall–Kier alpha value is -1.36. The molecule has 0 spiro atoms. The van der Waals surface area contributed by atoms with Crippen LogP contribution in [0.1, 0.15) is 27.2 Å². The van der Waals surface area contributed by atoms with Crippen LogP contribution in [-0.4, -0.2) is 28.7 Å². The summed E-state index contributed by atoms with van der Waals surface area (Å²) in [7, 11) is 0. The van der Waals surface area contributed by atoms with Crippen molar-refractivity contribution in [1.82, 2.24) is 0 Å². The third-order valence-corrected chi connectivity index (χ3v) is 1.47. The minimum Gasteiger partial charge on any atom is -0.480 e. The number of hydrogen-bond acceptors (Lipinski definition) is 4. The van der Waals surface area contributed by atoms with Gasteiger partial charge in [0.15, 0.2) is 0 Å². The van der Waals surface area contributed by atoms with E-state index in [0.29, 0.717) is 0 Å². The van der Waals surface area contributed by atoms with E-state index < -0.39 is 23.6 Å². The van der Waals surface area contributed by atoms with Crippen LogP contribution in [0.4, 0.5) is 0 Å². The van der Waals surface area contributed by atoms with Gasteiger partial charge in [-0.2, -0.15) is 0 Å². The molecule has 15 heavy (non-hydrogen) atoms. The summed E-state index contributed by atoms with van der Waals surface area (Å²) < 4.78 is 4.99. The summed E-state index contributed by atoms with van der Waals surface area (Å²) in [6.45, 7) is 8.60. The number of carbonyl (C=O) groups is 2. The summed E-state index contributed by atoms with van der Waals surface area (Å²) in [5.74, 6) is -1.78. The third-order valence-electron chi connectivity index (χ3n) is 1.47. The van der Waals surface area contributed by atoms with Crippen LogP contribution < -0.4 is 5.73 Å². The number of aliphatic carboxylic acids is 1. The monoisotopic (exact) mass is 215 g/mol. The Bertz CT molecular complexity index is 278. The normalized spacial score (nSPS) is 13.1. The molecule has 86 valence electrons. The average Bonchev–Trinajstić information content (AvgIpc) is 2.00. The SMILES string of the molecule is C=C(CC(N)C(=O)O)C(=O)OC(C)(C)C. The summed E-state index contributed by atoms with van der Waals surface area (Å²) >= 11 is 0. The molecule has 0 saturated heterocycles. The van der Waals surface area contributed by atoms with Gasteiger partial charge in [-0.3, -0.25) is 4.79 Å². The van der Waals surface area contributed by atoms with E-state index in [1.165, 1.54) is 0 Å². The highest BCUT2D eigenvalue weighted by atomic mass is 16.6. The molecule has 0 aliphatic heterocycles. The van der Waals surface area contributed by atoms with Crippen LogP contribution in [0.25, 0.3) is 0 Å². The van der Waals surface area contributed by atoms with Crippen molar-refractivity contribution in [3.05, 3.63) is 12.2 Å². The van der Waals surface area contributed by atoms with Crippen molar-refractivity contribution in [3.63, 3.8) is 0 Å². The maximum Gasteiger partial charge on any atom is 0.333 e. The molecular weight excluding hydrogens is 198 g/mol. The van der Waals surface area contributed by atoms with Crippen molar-refractivity contribution in [1.29, 1.82) is 0 Å². The van der Waals surface area contributed by atoms with Gasteiger partial charge in [0.2, 0.25) is 0 Å². The lowest BCUT2D eigenvalue weighted by molar-refractivity contribution is -0.150. The van der Waals surface area contributed by atoms with Crippen LogP contribution in [0.2, 0.25) is 0 Å². The summed E-state index contributed by atoms with van der Waals surface area (Å²) in [6.07, 6.45) is -0.107.